The minimum atomic E-state index is -5.00. The van der Waals surface area contributed by atoms with Crippen molar-refractivity contribution in [1.82, 2.24) is 9.80 Å². The Morgan fingerprint density at radius 2 is 1.50 bits per heavy atom. The number of halogens is 6. The average Bonchev–Trinajstić information content (AvgIpc) is 2.72. The van der Waals surface area contributed by atoms with Gasteiger partial charge in [0.2, 0.25) is 0 Å². The topological polar surface area (TPSA) is 23.6 Å². The van der Waals surface area contributed by atoms with Crippen molar-refractivity contribution >= 4 is 5.91 Å². The Kier molecular flexibility index (Phi) is 6.88. The zero-order valence-electron chi connectivity index (χ0n) is 17.7. The molecule has 174 valence electrons. The van der Waals surface area contributed by atoms with Gasteiger partial charge in [0.1, 0.15) is 0 Å². The van der Waals surface area contributed by atoms with Crippen LogP contribution in [-0.2, 0) is 18.8 Å². The van der Waals surface area contributed by atoms with Crippen LogP contribution < -0.4 is 0 Å². The molecular formula is C23H24F6N2O. The van der Waals surface area contributed by atoms with Crippen LogP contribution in [0.5, 0.6) is 0 Å². The van der Waals surface area contributed by atoms with Crippen molar-refractivity contribution < 1.29 is 31.1 Å². The molecule has 3 nitrogen and oxygen atoms in total. The second-order valence-electron chi connectivity index (χ2n) is 8.23. The van der Waals surface area contributed by atoms with Gasteiger partial charge in [-0.2, -0.15) is 26.3 Å². The van der Waals surface area contributed by atoms with Gasteiger partial charge in [-0.05, 0) is 44.0 Å². The zero-order valence-corrected chi connectivity index (χ0v) is 17.7. The van der Waals surface area contributed by atoms with Crippen LogP contribution in [-0.4, -0.2) is 47.4 Å². The van der Waals surface area contributed by atoms with Crippen molar-refractivity contribution in [2.45, 2.75) is 44.7 Å². The number of nitrogens with zero attached hydrogens (tertiary/aromatic N) is 2. The third kappa shape index (κ3) is 5.62. The van der Waals surface area contributed by atoms with Crippen molar-refractivity contribution in [3.8, 4) is 0 Å². The predicted octanol–water partition coefficient (Wildman–Crippen LogP) is 5.50. The molecule has 1 fully saturated rings. The van der Waals surface area contributed by atoms with Crippen LogP contribution in [0.4, 0.5) is 26.3 Å². The molecule has 0 radical (unpaired) electrons. The Morgan fingerprint density at radius 3 is 2.00 bits per heavy atom. The summed E-state index contributed by atoms with van der Waals surface area (Å²) < 4.78 is 79.5. The first-order valence-electron chi connectivity index (χ1n) is 10.2. The second kappa shape index (κ2) is 9.13. The Hall–Kier alpha value is -2.55. The number of hydrogen-bond acceptors (Lipinski definition) is 2. The van der Waals surface area contributed by atoms with Gasteiger partial charge in [0.15, 0.2) is 0 Å². The summed E-state index contributed by atoms with van der Waals surface area (Å²) in [4.78, 5) is 16.8. The molecular weight excluding hydrogens is 434 g/mol. The van der Waals surface area contributed by atoms with Crippen LogP contribution in [0.3, 0.4) is 0 Å². The van der Waals surface area contributed by atoms with Gasteiger partial charge in [-0.15, -0.1) is 0 Å². The van der Waals surface area contributed by atoms with Crippen molar-refractivity contribution in [2.24, 2.45) is 0 Å². The highest BCUT2D eigenvalue weighted by Gasteiger charge is 2.39. The van der Waals surface area contributed by atoms with E-state index in [-0.39, 0.29) is 24.7 Å². The maximum absolute atomic E-state index is 13.2. The third-order valence-electron chi connectivity index (χ3n) is 5.65. The molecule has 0 aromatic heterocycles. The summed E-state index contributed by atoms with van der Waals surface area (Å²) in [5.74, 6) is -0.828. The molecule has 1 atom stereocenters. The van der Waals surface area contributed by atoms with Gasteiger partial charge in [0.25, 0.3) is 5.91 Å². The highest BCUT2D eigenvalue weighted by molar-refractivity contribution is 5.95. The van der Waals surface area contributed by atoms with E-state index >= 15 is 0 Å². The number of piperazine rings is 1. The van der Waals surface area contributed by atoms with Crippen LogP contribution in [0.2, 0.25) is 0 Å². The lowest BCUT2D eigenvalue weighted by molar-refractivity contribution is -0.143. The molecule has 0 bridgehead atoms. The molecule has 0 unspecified atom stereocenters. The van der Waals surface area contributed by atoms with Crippen molar-refractivity contribution in [3.63, 3.8) is 0 Å². The summed E-state index contributed by atoms with van der Waals surface area (Å²) in [5, 5.41) is 0. The Balaban J connectivity index is 1.97. The number of hydrogen-bond donors (Lipinski definition) is 0. The van der Waals surface area contributed by atoms with Crippen molar-refractivity contribution in [1.29, 1.82) is 0 Å². The first-order chi connectivity index (χ1) is 14.9. The molecule has 2 aromatic rings. The standard InChI is InChI=1S/C23H24F6N2O/c1-15(2)30-8-9-31(20(14-30)10-16-6-4-3-5-7-16)21(32)17-11-18(22(24,25)26)13-19(12-17)23(27,28)29/h3-7,11-13,15,20H,8-10,14H2,1-2H3/t20-/m1/s1. The largest absolute Gasteiger partial charge is 0.416 e. The average molecular weight is 458 g/mol. The zero-order chi connectivity index (χ0) is 23.7. The minimum Gasteiger partial charge on any atom is -0.333 e. The highest BCUT2D eigenvalue weighted by atomic mass is 19.4. The summed E-state index contributed by atoms with van der Waals surface area (Å²) >= 11 is 0. The number of carbonyl (C=O) groups is 1. The highest BCUT2D eigenvalue weighted by Crippen LogP contribution is 2.36. The van der Waals surface area contributed by atoms with E-state index in [2.05, 4.69) is 4.90 Å². The molecule has 3 rings (SSSR count). The van der Waals surface area contributed by atoms with Gasteiger partial charge in [0.05, 0.1) is 11.1 Å². The molecule has 0 aliphatic carbocycles. The quantitative estimate of drug-likeness (QED) is 0.565. The smallest absolute Gasteiger partial charge is 0.333 e. The van der Waals surface area contributed by atoms with Crippen molar-refractivity contribution in [3.05, 3.63) is 70.8 Å². The van der Waals surface area contributed by atoms with Gasteiger partial charge in [-0.1, -0.05) is 30.3 Å². The van der Waals surface area contributed by atoms with Gasteiger partial charge < -0.3 is 4.90 Å². The molecule has 2 aromatic carbocycles. The fourth-order valence-corrected chi connectivity index (χ4v) is 3.92. The summed E-state index contributed by atoms with van der Waals surface area (Å²) in [6.07, 6.45) is -9.56. The minimum absolute atomic E-state index is 0.0366. The Bertz CT molecular complexity index is 907. The molecule has 0 N–H and O–H groups in total. The van der Waals surface area contributed by atoms with Gasteiger partial charge >= 0.3 is 12.4 Å². The number of amides is 1. The molecule has 32 heavy (non-hydrogen) atoms. The second-order valence-corrected chi connectivity index (χ2v) is 8.23. The number of alkyl halides is 6. The molecule has 1 aliphatic heterocycles. The Labute approximate surface area is 182 Å². The molecule has 0 spiro atoms. The fraction of sp³-hybridized carbons (Fsp3) is 0.435. The van der Waals surface area contributed by atoms with Crippen LogP contribution in [0.1, 0.15) is 40.9 Å². The summed E-state index contributed by atoms with van der Waals surface area (Å²) in [5.41, 5.74) is -2.66. The van der Waals surface area contributed by atoms with Gasteiger partial charge in [0, 0.05) is 37.3 Å². The first-order valence-corrected chi connectivity index (χ1v) is 10.2. The normalized spacial score (nSPS) is 18.3. The summed E-state index contributed by atoms with van der Waals surface area (Å²) in [6, 6.07) is 10.1. The fourth-order valence-electron chi connectivity index (χ4n) is 3.92. The summed E-state index contributed by atoms with van der Waals surface area (Å²) in [7, 11) is 0. The SMILES string of the molecule is CC(C)N1CCN(C(=O)c2cc(C(F)(F)F)cc(C(F)(F)F)c2)[C@H](Cc2ccccc2)C1. The predicted molar refractivity (Wildman–Crippen MR) is 108 cm³/mol. The molecule has 1 heterocycles. The lowest BCUT2D eigenvalue weighted by atomic mass is 9.98. The lowest BCUT2D eigenvalue weighted by Gasteiger charge is -2.43. The van der Waals surface area contributed by atoms with E-state index in [4.69, 9.17) is 0 Å². The molecule has 9 heteroatoms. The van der Waals surface area contributed by atoms with E-state index in [1.165, 1.54) is 4.90 Å². The molecule has 1 saturated heterocycles. The van der Waals surface area contributed by atoms with Crippen LogP contribution in [0.15, 0.2) is 48.5 Å². The van der Waals surface area contributed by atoms with Gasteiger partial charge in [-0.3, -0.25) is 9.69 Å². The van der Waals surface area contributed by atoms with Crippen LogP contribution in [0.25, 0.3) is 0 Å². The van der Waals surface area contributed by atoms with E-state index in [1.807, 2.05) is 44.2 Å². The van der Waals surface area contributed by atoms with E-state index in [9.17, 15) is 31.1 Å². The van der Waals surface area contributed by atoms with Gasteiger partial charge in [-0.25, -0.2) is 0 Å². The van der Waals surface area contributed by atoms with Crippen molar-refractivity contribution in [2.75, 3.05) is 19.6 Å². The summed E-state index contributed by atoms with van der Waals surface area (Å²) in [6.45, 7) is 5.17. The lowest BCUT2D eigenvalue weighted by Crippen LogP contribution is -2.57. The Morgan fingerprint density at radius 1 is 0.938 bits per heavy atom. The van der Waals surface area contributed by atoms with Crippen LogP contribution in [0, 0.1) is 0 Å². The molecule has 1 amide bonds. The van der Waals surface area contributed by atoms with E-state index in [0.717, 1.165) is 5.56 Å². The number of carbonyl (C=O) groups excluding carboxylic acids is 1. The number of rotatable bonds is 4. The van der Waals surface area contributed by atoms with E-state index in [0.29, 0.717) is 31.6 Å². The maximum Gasteiger partial charge on any atom is 0.416 e. The van der Waals surface area contributed by atoms with Crippen LogP contribution >= 0.6 is 0 Å². The molecule has 0 saturated carbocycles. The van der Waals surface area contributed by atoms with E-state index < -0.39 is 35.0 Å². The monoisotopic (exact) mass is 458 g/mol. The third-order valence-corrected chi connectivity index (χ3v) is 5.65. The van der Waals surface area contributed by atoms with E-state index in [1.54, 1.807) is 0 Å². The molecule has 1 aliphatic rings. The maximum atomic E-state index is 13.2. The first kappa shape index (κ1) is 24.1. The number of benzene rings is 2.